The molecule has 0 saturated carbocycles. The largest absolute Gasteiger partial charge is 0.481 e. The van der Waals surface area contributed by atoms with Crippen LogP contribution >= 0.6 is 0 Å². The number of rotatable bonds is 13. The Kier molecular flexibility index (Phi) is 11.3. The molecule has 0 radical (unpaired) electrons. The van der Waals surface area contributed by atoms with Crippen LogP contribution in [0.5, 0.6) is 0 Å². The number of likely N-dealkylation sites (tertiary alicyclic amines) is 1. The third kappa shape index (κ3) is 8.48. The lowest BCUT2D eigenvalue weighted by Gasteiger charge is -2.45. The number of ether oxygens (including phenoxy) is 2. The summed E-state index contributed by atoms with van der Waals surface area (Å²) in [6, 6.07) is 25.4. The topological polar surface area (TPSA) is 141 Å². The van der Waals surface area contributed by atoms with Crippen molar-refractivity contribution in [2.45, 2.75) is 82.0 Å². The van der Waals surface area contributed by atoms with Crippen LogP contribution in [0.25, 0.3) is 0 Å². The quantitative estimate of drug-likeness (QED) is 0.182. The van der Waals surface area contributed by atoms with Gasteiger partial charge in [-0.15, -0.1) is 0 Å². The van der Waals surface area contributed by atoms with Crippen LogP contribution in [0.15, 0.2) is 78.9 Å². The minimum atomic E-state index is -0.817. The van der Waals surface area contributed by atoms with E-state index in [1.54, 1.807) is 0 Å². The fourth-order valence-corrected chi connectivity index (χ4v) is 7.14. The van der Waals surface area contributed by atoms with Crippen LogP contribution in [-0.4, -0.2) is 70.8 Å². The lowest BCUT2D eigenvalue weighted by molar-refractivity contribution is -0.253. The van der Waals surface area contributed by atoms with E-state index in [2.05, 4.69) is 32.6 Å². The Bertz CT molecular complexity index is 1560. The Morgan fingerprint density at radius 3 is 2.27 bits per heavy atom. The number of hydrogen-bond acceptors (Lipinski definition) is 8. The van der Waals surface area contributed by atoms with Crippen LogP contribution in [-0.2, 0) is 30.5 Å². The third-order valence-corrected chi connectivity index (χ3v) is 9.93. The second-order valence-corrected chi connectivity index (χ2v) is 13.2. The maximum Gasteiger partial charge on any atom is 0.303 e. The summed E-state index contributed by atoms with van der Waals surface area (Å²) in [4.78, 5) is 40.9. The average Bonchev–Trinajstić information content (AvgIpc) is 3.44. The Balaban J connectivity index is 1.10. The number of aliphatic carboxylic acids is 1. The number of unbranched alkanes of at least 4 members (excludes halogenated alkanes) is 2. The first-order valence-corrected chi connectivity index (χ1v) is 17.3. The Morgan fingerprint density at radius 1 is 0.878 bits per heavy atom. The molecule has 2 amide bonds. The summed E-state index contributed by atoms with van der Waals surface area (Å²) < 4.78 is 13.1. The summed E-state index contributed by atoms with van der Waals surface area (Å²) in [7, 11) is 0. The Morgan fingerprint density at radius 2 is 1.57 bits per heavy atom. The van der Waals surface area contributed by atoms with E-state index in [1.807, 2.05) is 66.7 Å². The van der Waals surface area contributed by atoms with Gasteiger partial charge in [-0.1, -0.05) is 61.0 Å². The first kappa shape index (κ1) is 34.6. The number of aliphatic hydroxyl groups is 1. The zero-order chi connectivity index (χ0) is 34.2. The average molecular weight is 671 g/mol. The molecule has 3 saturated heterocycles. The van der Waals surface area contributed by atoms with Crippen molar-refractivity contribution < 1.29 is 34.1 Å². The normalized spacial score (nSPS) is 22.2. The second-order valence-electron chi connectivity index (χ2n) is 13.2. The maximum atomic E-state index is 13.2. The van der Waals surface area contributed by atoms with E-state index in [-0.39, 0.29) is 37.0 Å². The molecule has 49 heavy (non-hydrogen) atoms. The number of nitrogens with one attached hydrogen (secondary N) is 2. The van der Waals surface area contributed by atoms with Gasteiger partial charge >= 0.3 is 5.97 Å². The summed E-state index contributed by atoms with van der Waals surface area (Å²) in [5, 5.41) is 24.3. The number of anilines is 2. The molecular weight excluding hydrogens is 624 g/mol. The van der Waals surface area contributed by atoms with Crippen molar-refractivity contribution in [1.29, 1.82) is 0 Å². The van der Waals surface area contributed by atoms with E-state index < -0.39 is 17.8 Å². The lowest BCUT2D eigenvalue weighted by Crippen LogP contribution is -2.57. The van der Waals surface area contributed by atoms with Gasteiger partial charge in [0.1, 0.15) is 5.54 Å². The number of carboxylic acid groups (broad SMARTS) is 1. The highest BCUT2D eigenvalue weighted by molar-refractivity contribution is 5.93. The maximum absolute atomic E-state index is 13.2. The van der Waals surface area contributed by atoms with Gasteiger partial charge in [-0.3, -0.25) is 14.4 Å². The van der Waals surface area contributed by atoms with E-state index in [0.717, 1.165) is 48.3 Å². The fourth-order valence-electron chi connectivity index (χ4n) is 7.14. The van der Waals surface area contributed by atoms with Gasteiger partial charge < -0.3 is 40.1 Å². The van der Waals surface area contributed by atoms with Crippen molar-refractivity contribution in [3.05, 3.63) is 95.6 Å². The fraction of sp³-hybridized carbons (Fsp3) is 0.447. The summed E-state index contributed by atoms with van der Waals surface area (Å²) >= 11 is 0. The molecule has 6 rings (SSSR count). The first-order chi connectivity index (χ1) is 23.8. The molecule has 3 heterocycles. The van der Waals surface area contributed by atoms with Crippen molar-refractivity contribution >= 4 is 29.2 Å². The predicted octanol–water partition coefficient (Wildman–Crippen LogP) is 5.13. The van der Waals surface area contributed by atoms with Gasteiger partial charge in [0.25, 0.3) is 0 Å². The number of piperidine rings is 1. The number of amides is 2. The number of aliphatic hydroxyl groups excluding tert-OH is 1. The molecule has 260 valence electrons. The SMILES string of the molecule is O=C(O)CCCCCC(=O)Nc1ccc([C@H]2O[C@@H](CN3CCC4(CC3)C(=O)NCN4c3ccccc3)C[C@@H](c3ccc(CO)cc3)O2)cc1. The molecule has 0 unspecified atom stereocenters. The van der Waals surface area contributed by atoms with Crippen molar-refractivity contribution in [2.75, 3.05) is 36.5 Å². The summed E-state index contributed by atoms with van der Waals surface area (Å²) in [6.45, 7) is 2.73. The number of carbonyl (C=O) groups is 3. The van der Waals surface area contributed by atoms with Gasteiger partial charge in [-0.05, 0) is 61.1 Å². The molecule has 3 fully saturated rings. The van der Waals surface area contributed by atoms with Crippen LogP contribution in [0.1, 0.15) is 80.5 Å². The van der Waals surface area contributed by atoms with E-state index in [9.17, 15) is 19.5 Å². The third-order valence-electron chi connectivity index (χ3n) is 9.93. The minimum Gasteiger partial charge on any atom is -0.481 e. The molecule has 11 nitrogen and oxygen atoms in total. The minimum absolute atomic E-state index is 0.0239. The number of nitrogens with zero attached hydrogens (tertiary/aromatic N) is 2. The zero-order valence-electron chi connectivity index (χ0n) is 27.8. The van der Waals surface area contributed by atoms with Crippen molar-refractivity contribution in [1.82, 2.24) is 10.2 Å². The smallest absolute Gasteiger partial charge is 0.303 e. The molecule has 3 aromatic carbocycles. The van der Waals surface area contributed by atoms with Gasteiger partial charge in [0.05, 0.1) is 25.5 Å². The van der Waals surface area contributed by atoms with Crippen molar-refractivity contribution in [3.63, 3.8) is 0 Å². The van der Waals surface area contributed by atoms with Crippen LogP contribution in [0.4, 0.5) is 11.4 Å². The molecule has 0 aromatic heterocycles. The zero-order valence-corrected chi connectivity index (χ0v) is 27.8. The standard InChI is InChI=1S/C38H46N4O7/c43-25-27-11-13-28(14-12-27)33-23-32(24-41-21-19-38(20-22-41)37(47)39-26-42(38)31-7-3-1-4-8-31)48-36(49-33)29-15-17-30(18-16-29)40-34(44)9-5-2-6-10-35(45)46/h1,3-4,7-8,11-18,32-33,36,43H,2,5-6,9-10,19-26H2,(H,39,47)(H,40,44)(H,45,46)/t32-,33+,36+/m1/s1. The van der Waals surface area contributed by atoms with Gasteiger partial charge in [-0.25, -0.2) is 0 Å². The van der Waals surface area contributed by atoms with Crippen LogP contribution < -0.4 is 15.5 Å². The molecule has 4 N–H and O–H groups in total. The van der Waals surface area contributed by atoms with Crippen LogP contribution in [0.3, 0.4) is 0 Å². The van der Waals surface area contributed by atoms with Gasteiger partial charge in [-0.2, -0.15) is 0 Å². The highest BCUT2D eigenvalue weighted by Crippen LogP contribution is 2.40. The van der Waals surface area contributed by atoms with Gasteiger partial charge in [0, 0.05) is 55.8 Å². The highest BCUT2D eigenvalue weighted by atomic mass is 16.7. The number of benzene rings is 3. The Labute approximate surface area is 287 Å². The monoisotopic (exact) mass is 670 g/mol. The summed E-state index contributed by atoms with van der Waals surface area (Å²) in [5.41, 5.74) is 3.87. The molecule has 1 spiro atoms. The number of carbonyl (C=O) groups excluding carboxylic acids is 2. The molecule has 3 aromatic rings. The van der Waals surface area contributed by atoms with E-state index >= 15 is 0 Å². The van der Waals surface area contributed by atoms with Crippen LogP contribution in [0.2, 0.25) is 0 Å². The molecule has 0 bridgehead atoms. The van der Waals surface area contributed by atoms with E-state index in [4.69, 9.17) is 14.6 Å². The molecule has 0 aliphatic carbocycles. The first-order valence-electron chi connectivity index (χ1n) is 17.3. The van der Waals surface area contributed by atoms with E-state index in [1.165, 1.54) is 0 Å². The number of hydrogen-bond donors (Lipinski definition) is 4. The molecular formula is C38H46N4O7. The Hall–Kier alpha value is -4.29. The van der Waals surface area contributed by atoms with Crippen LogP contribution in [0, 0.1) is 0 Å². The summed E-state index contributed by atoms with van der Waals surface area (Å²) in [5.74, 6) is -0.826. The molecule has 3 aliphatic rings. The highest BCUT2D eigenvalue weighted by Gasteiger charge is 2.50. The van der Waals surface area contributed by atoms with Gasteiger partial charge in [0.2, 0.25) is 11.8 Å². The predicted molar refractivity (Wildman–Crippen MR) is 185 cm³/mol. The van der Waals surface area contributed by atoms with Gasteiger partial charge in [0.15, 0.2) is 6.29 Å². The molecule has 3 aliphatic heterocycles. The second kappa shape index (κ2) is 15.9. The van der Waals surface area contributed by atoms with Crippen molar-refractivity contribution in [3.8, 4) is 0 Å². The number of carboxylic acids is 1. The molecule has 3 atom stereocenters. The number of para-hydroxylation sites is 1. The van der Waals surface area contributed by atoms with Crippen molar-refractivity contribution in [2.24, 2.45) is 0 Å². The molecule has 11 heteroatoms. The lowest BCUT2D eigenvalue weighted by atomic mass is 9.85. The summed E-state index contributed by atoms with van der Waals surface area (Å²) in [6.07, 6.45) is 3.49. The van der Waals surface area contributed by atoms with E-state index in [0.29, 0.717) is 51.0 Å².